The molecule has 1 heterocycles. The SMILES string of the molecule is CC[C@H]1OC(O[C@H]2CC[C@@]3(C)C(=CCC4C3CC[C@@]3(C)C4CC[C@@H]3/C(C)=N/OCc3ccccc3)C2)C=C[C@@H]1C. The highest BCUT2D eigenvalue weighted by molar-refractivity contribution is 5.85. The van der Waals surface area contributed by atoms with Crippen LogP contribution in [-0.2, 0) is 20.9 Å². The average Bonchev–Trinajstić information content (AvgIpc) is 3.32. The van der Waals surface area contributed by atoms with E-state index in [1.165, 1.54) is 49.8 Å². The van der Waals surface area contributed by atoms with Crippen molar-refractivity contribution < 1.29 is 14.3 Å². The third-order valence-corrected chi connectivity index (χ3v) is 12.0. The Balaban J connectivity index is 1.11. The van der Waals surface area contributed by atoms with Crippen molar-refractivity contribution in [2.24, 2.45) is 45.6 Å². The van der Waals surface area contributed by atoms with Crippen LogP contribution in [0.5, 0.6) is 0 Å². The van der Waals surface area contributed by atoms with Gasteiger partial charge in [0, 0.05) is 11.8 Å². The van der Waals surface area contributed by atoms with E-state index in [1.807, 2.05) is 6.07 Å². The minimum absolute atomic E-state index is 0.181. The Morgan fingerprint density at radius 1 is 1.02 bits per heavy atom. The highest BCUT2D eigenvalue weighted by atomic mass is 16.7. The van der Waals surface area contributed by atoms with Crippen LogP contribution in [0.2, 0.25) is 0 Å². The first-order chi connectivity index (χ1) is 19.3. The first kappa shape index (κ1) is 28.2. The molecular weight excluding hydrogens is 494 g/mol. The number of fused-ring (bicyclic) bond motifs is 5. The quantitative estimate of drug-likeness (QED) is 0.195. The lowest BCUT2D eigenvalue weighted by atomic mass is 9.47. The molecule has 40 heavy (non-hydrogen) atoms. The molecule has 3 fully saturated rings. The summed E-state index contributed by atoms with van der Waals surface area (Å²) in [4.78, 5) is 5.85. The van der Waals surface area contributed by atoms with Crippen molar-refractivity contribution in [2.75, 3.05) is 0 Å². The Hall–Kier alpha value is -1.91. The highest BCUT2D eigenvalue weighted by Gasteiger charge is 2.59. The predicted octanol–water partition coefficient (Wildman–Crippen LogP) is 8.87. The summed E-state index contributed by atoms with van der Waals surface area (Å²) in [6, 6.07) is 10.4. The maximum absolute atomic E-state index is 6.55. The van der Waals surface area contributed by atoms with E-state index in [0.29, 0.717) is 29.3 Å². The van der Waals surface area contributed by atoms with E-state index in [0.717, 1.165) is 37.0 Å². The van der Waals surface area contributed by atoms with Gasteiger partial charge in [0.2, 0.25) is 0 Å². The third kappa shape index (κ3) is 5.13. The molecule has 0 radical (unpaired) electrons. The summed E-state index contributed by atoms with van der Waals surface area (Å²) in [7, 11) is 0. The number of benzene rings is 1. The summed E-state index contributed by atoms with van der Waals surface area (Å²) in [6.07, 6.45) is 18.4. The lowest BCUT2D eigenvalue weighted by Crippen LogP contribution is -2.51. The molecule has 1 aromatic carbocycles. The van der Waals surface area contributed by atoms with E-state index in [4.69, 9.17) is 14.3 Å². The molecule has 0 bridgehead atoms. The van der Waals surface area contributed by atoms with Crippen molar-refractivity contribution >= 4 is 5.71 Å². The zero-order chi connectivity index (χ0) is 27.9. The number of allylic oxidation sites excluding steroid dienone is 1. The van der Waals surface area contributed by atoms with Gasteiger partial charge in [-0.05, 0) is 105 Å². The Morgan fingerprint density at radius 3 is 2.65 bits per heavy atom. The number of nitrogens with zero attached hydrogens (tertiary/aromatic N) is 1. The van der Waals surface area contributed by atoms with Crippen molar-refractivity contribution in [3.8, 4) is 0 Å². The van der Waals surface area contributed by atoms with Crippen LogP contribution >= 0.6 is 0 Å². The Bertz CT molecular complexity index is 1130. The van der Waals surface area contributed by atoms with Gasteiger partial charge in [-0.1, -0.05) is 80.9 Å². The van der Waals surface area contributed by atoms with Crippen molar-refractivity contribution in [1.82, 2.24) is 0 Å². The molecule has 1 aliphatic heterocycles. The molecule has 4 heteroatoms. The van der Waals surface area contributed by atoms with Gasteiger partial charge in [0.25, 0.3) is 0 Å². The van der Waals surface area contributed by atoms with Gasteiger partial charge in [0.05, 0.1) is 17.9 Å². The zero-order valence-corrected chi connectivity index (χ0v) is 25.5. The Kier molecular flexibility index (Phi) is 8.04. The van der Waals surface area contributed by atoms with Crippen molar-refractivity contribution in [3.63, 3.8) is 0 Å². The second kappa shape index (κ2) is 11.4. The molecule has 6 rings (SSSR count). The Labute approximate surface area is 242 Å². The lowest BCUT2D eigenvalue weighted by molar-refractivity contribution is -0.188. The molecule has 10 atom stereocenters. The molecule has 5 aliphatic rings. The number of hydrogen-bond acceptors (Lipinski definition) is 4. The Morgan fingerprint density at radius 2 is 1.85 bits per heavy atom. The monoisotopic (exact) mass is 545 g/mol. The minimum Gasteiger partial charge on any atom is -0.391 e. The van der Waals surface area contributed by atoms with Crippen molar-refractivity contribution in [1.29, 1.82) is 0 Å². The van der Waals surface area contributed by atoms with Gasteiger partial charge in [0.1, 0.15) is 6.61 Å². The van der Waals surface area contributed by atoms with E-state index in [1.54, 1.807) is 5.57 Å². The summed E-state index contributed by atoms with van der Waals surface area (Å²) in [6.45, 7) is 12.4. The molecule has 1 aromatic rings. The molecule has 218 valence electrons. The van der Waals surface area contributed by atoms with Gasteiger partial charge >= 0.3 is 0 Å². The normalized spacial score (nSPS) is 42.9. The van der Waals surface area contributed by atoms with E-state index in [2.05, 4.69) is 82.3 Å². The van der Waals surface area contributed by atoms with Gasteiger partial charge in [-0.25, -0.2) is 0 Å². The van der Waals surface area contributed by atoms with Crippen LogP contribution < -0.4 is 0 Å². The molecule has 0 aromatic heterocycles. The molecule has 3 saturated carbocycles. The summed E-state index contributed by atoms with van der Waals surface area (Å²) in [5, 5.41) is 4.67. The van der Waals surface area contributed by atoms with Gasteiger partial charge in [-0.3, -0.25) is 0 Å². The highest BCUT2D eigenvalue weighted by Crippen LogP contribution is 2.66. The van der Waals surface area contributed by atoms with E-state index >= 15 is 0 Å². The third-order valence-electron chi connectivity index (χ3n) is 12.0. The predicted molar refractivity (Wildman–Crippen MR) is 162 cm³/mol. The molecular formula is C36H51NO3. The molecule has 4 nitrogen and oxygen atoms in total. The van der Waals surface area contributed by atoms with Crippen molar-refractivity contribution in [2.45, 2.75) is 118 Å². The summed E-state index contributed by atoms with van der Waals surface area (Å²) in [5.74, 6) is 3.39. The van der Waals surface area contributed by atoms with Gasteiger partial charge in [-0.2, -0.15) is 0 Å². The van der Waals surface area contributed by atoms with Gasteiger partial charge in [-0.15, -0.1) is 0 Å². The van der Waals surface area contributed by atoms with Crippen LogP contribution in [0.3, 0.4) is 0 Å². The fraction of sp³-hybridized carbons (Fsp3) is 0.694. The maximum atomic E-state index is 6.55. The molecule has 0 saturated heterocycles. The number of hydrogen-bond donors (Lipinski definition) is 0. The average molecular weight is 546 g/mol. The van der Waals surface area contributed by atoms with Crippen molar-refractivity contribution in [3.05, 3.63) is 59.7 Å². The molecule has 4 aliphatic carbocycles. The van der Waals surface area contributed by atoms with Gasteiger partial charge < -0.3 is 14.3 Å². The molecule has 0 N–H and O–H groups in total. The number of ether oxygens (including phenoxy) is 2. The van der Waals surface area contributed by atoms with Crippen LogP contribution in [0.25, 0.3) is 0 Å². The first-order valence-corrected chi connectivity index (χ1v) is 16.2. The van der Waals surface area contributed by atoms with Crippen LogP contribution in [0.1, 0.15) is 98.0 Å². The fourth-order valence-corrected chi connectivity index (χ4v) is 9.74. The van der Waals surface area contributed by atoms with E-state index < -0.39 is 0 Å². The largest absolute Gasteiger partial charge is 0.391 e. The smallest absolute Gasteiger partial charge is 0.177 e. The fourth-order valence-electron chi connectivity index (χ4n) is 9.74. The van der Waals surface area contributed by atoms with Crippen LogP contribution in [0.15, 0.2) is 59.3 Å². The maximum Gasteiger partial charge on any atom is 0.177 e. The summed E-state index contributed by atoms with van der Waals surface area (Å²) >= 11 is 0. The second-order valence-corrected chi connectivity index (χ2v) is 14.1. The zero-order valence-electron chi connectivity index (χ0n) is 25.5. The first-order valence-electron chi connectivity index (χ1n) is 16.2. The summed E-state index contributed by atoms with van der Waals surface area (Å²) in [5.41, 5.74) is 4.72. The lowest BCUT2D eigenvalue weighted by Gasteiger charge is -2.58. The van der Waals surface area contributed by atoms with Crippen LogP contribution in [0.4, 0.5) is 0 Å². The van der Waals surface area contributed by atoms with E-state index in [9.17, 15) is 0 Å². The number of rotatable bonds is 7. The second-order valence-electron chi connectivity index (χ2n) is 14.1. The molecule has 4 unspecified atom stereocenters. The summed E-state index contributed by atoms with van der Waals surface area (Å²) < 4.78 is 12.8. The number of oxime groups is 1. The molecule has 0 amide bonds. The minimum atomic E-state index is -0.181. The van der Waals surface area contributed by atoms with Crippen LogP contribution in [0, 0.1) is 40.4 Å². The standard InChI is InChI=1S/C36H51NO3/c1-6-33-24(2)12-17-34(40-33)39-28-18-20-35(4)27(22-28)13-14-29-31-16-15-30(36(31,5)21-19-32(29)35)25(3)37-38-23-26-10-8-7-9-11-26/h7-13,17,24,28-34H,6,14-16,18-23H2,1-5H3/b37-25+/t24-,28-,29?,30+,31?,32?,33+,34?,35-,36+/m0/s1. The topological polar surface area (TPSA) is 40.0 Å². The van der Waals surface area contributed by atoms with Crippen LogP contribution in [-0.4, -0.2) is 24.2 Å². The molecule has 0 spiro atoms. The van der Waals surface area contributed by atoms with Gasteiger partial charge in [0.15, 0.2) is 6.29 Å². The van der Waals surface area contributed by atoms with E-state index in [-0.39, 0.29) is 18.5 Å².